The highest BCUT2D eigenvalue weighted by atomic mass is 35.5. The lowest BCUT2D eigenvalue weighted by atomic mass is 10.1. The second kappa shape index (κ2) is 11.8. The first-order chi connectivity index (χ1) is 18.3. The third-order valence-corrected chi connectivity index (χ3v) is 9.34. The molecule has 38 heavy (non-hydrogen) atoms. The number of nitrogens with zero attached hydrogens (tertiary/aromatic N) is 3. The summed E-state index contributed by atoms with van der Waals surface area (Å²) < 4.78 is 8.09. The normalized spacial score (nSPS) is 15.3. The van der Waals surface area contributed by atoms with E-state index >= 15 is 0 Å². The van der Waals surface area contributed by atoms with Crippen LogP contribution in [0.25, 0.3) is 22.5 Å². The standard InChI is InChI=1S/C18H25ClN2OSi.C12H11ClN2/c1-23(2,3)11-10-22-13-21-12-20-17(18(21)14-8-9-14)15-6-4-5-7-16(15)19;13-10-4-2-1-3-9(10)12-11(8-5-6-8)14-7-15-12/h4-7,12,14H,8-11,13H2,1-3H3;1-4,7-8H,5-6H2,(H,14,15). The van der Waals surface area contributed by atoms with Crippen molar-refractivity contribution in [1.29, 1.82) is 0 Å². The van der Waals surface area contributed by atoms with Crippen molar-refractivity contribution in [3.05, 3.63) is 82.6 Å². The Morgan fingerprint density at radius 3 is 2.05 bits per heavy atom. The van der Waals surface area contributed by atoms with Gasteiger partial charge in [-0.3, -0.25) is 0 Å². The average molecular weight is 568 g/mol. The number of benzene rings is 2. The lowest BCUT2D eigenvalue weighted by molar-refractivity contribution is 0.0853. The minimum Gasteiger partial charge on any atom is -0.361 e. The molecule has 0 saturated heterocycles. The molecule has 2 aliphatic rings. The van der Waals surface area contributed by atoms with Gasteiger partial charge in [-0.15, -0.1) is 0 Å². The van der Waals surface area contributed by atoms with Crippen molar-refractivity contribution in [2.24, 2.45) is 0 Å². The first-order valence-electron chi connectivity index (χ1n) is 13.5. The zero-order valence-corrected chi connectivity index (χ0v) is 24.9. The van der Waals surface area contributed by atoms with Crippen LogP contribution in [-0.4, -0.2) is 34.2 Å². The molecule has 2 fully saturated rings. The van der Waals surface area contributed by atoms with Gasteiger partial charge in [0.25, 0.3) is 0 Å². The maximum absolute atomic E-state index is 6.37. The number of ether oxygens (including phenoxy) is 1. The summed E-state index contributed by atoms with van der Waals surface area (Å²) in [5, 5.41) is 1.53. The van der Waals surface area contributed by atoms with Crippen LogP contribution in [0.15, 0.2) is 61.2 Å². The molecule has 2 aromatic carbocycles. The summed E-state index contributed by atoms with van der Waals surface area (Å²) in [4.78, 5) is 12.2. The molecule has 0 amide bonds. The number of halogens is 2. The van der Waals surface area contributed by atoms with Crippen molar-refractivity contribution in [2.45, 2.75) is 69.9 Å². The van der Waals surface area contributed by atoms with Gasteiger partial charge >= 0.3 is 0 Å². The second-order valence-electron chi connectivity index (χ2n) is 11.5. The predicted molar refractivity (Wildman–Crippen MR) is 160 cm³/mol. The van der Waals surface area contributed by atoms with Gasteiger partial charge in [-0.1, -0.05) is 79.2 Å². The lowest BCUT2D eigenvalue weighted by Crippen LogP contribution is -2.22. The van der Waals surface area contributed by atoms with Gasteiger partial charge < -0.3 is 14.3 Å². The van der Waals surface area contributed by atoms with E-state index in [2.05, 4.69) is 39.2 Å². The van der Waals surface area contributed by atoms with E-state index in [-0.39, 0.29) is 0 Å². The summed E-state index contributed by atoms with van der Waals surface area (Å²) >= 11 is 12.5. The molecule has 1 N–H and O–H groups in total. The molecule has 8 heteroatoms. The number of rotatable bonds is 9. The molecule has 0 aliphatic heterocycles. The minimum absolute atomic E-state index is 0.591. The average Bonchev–Trinajstić information content (AvgIpc) is 3.82. The first-order valence-corrected chi connectivity index (χ1v) is 17.9. The van der Waals surface area contributed by atoms with E-state index < -0.39 is 8.07 Å². The predicted octanol–water partition coefficient (Wildman–Crippen LogP) is 9.00. The first kappa shape index (κ1) is 27.2. The van der Waals surface area contributed by atoms with Crippen LogP contribution in [-0.2, 0) is 11.5 Å². The van der Waals surface area contributed by atoms with Gasteiger partial charge in [0.15, 0.2) is 0 Å². The van der Waals surface area contributed by atoms with Crippen molar-refractivity contribution in [3.8, 4) is 22.5 Å². The van der Waals surface area contributed by atoms with Gasteiger partial charge in [-0.2, -0.15) is 0 Å². The Kier molecular flexibility index (Phi) is 8.43. The van der Waals surface area contributed by atoms with Gasteiger partial charge in [-0.25, -0.2) is 9.97 Å². The zero-order valence-electron chi connectivity index (χ0n) is 22.4. The van der Waals surface area contributed by atoms with Gasteiger partial charge in [0.05, 0.1) is 39.8 Å². The van der Waals surface area contributed by atoms with Crippen LogP contribution in [0, 0.1) is 0 Å². The number of hydrogen-bond donors (Lipinski definition) is 1. The lowest BCUT2D eigenvalue weighted by Gasteiger charge is -2.16. The van der Waals surface area contributed by atoms with E-state index in [0.29, 0.717) is 18.6 Å². The van der Waals surface area contributed by atoms with Crippen molar-refractivity contribution in [3.63, 3.8) is 0 Å². The SMILES string of the molecule is C[Si](C)(C)CCOCn1cnc(-c2ccccc2Cl)c1C1CC1.Clc1ccccc1-c1nc[nH]c1C1CC1. The van der Waals surface area contributed by atoms with Gasteiger partial charge in [0.2, 0.25) is 0 Å². The Morgan fingerprint density at radius 2 is 1.47 bits per heavy atom. The molecule has 2 aliphatic carbocycles. The Bertz CT molecular complexity index is 1370. The molecule has 0 radical (unpaired) electrons. The van der Waals surface area contributed by atoms with Gasteiger partial charge in [0, 0.05) is 43.3 Å². The fourth-order valence-electron chi connectivity index (χ4n) is 4.54. The highest BCUT2D eigenvalue weighted by Gasteiger charge is 2.31. The number of H-pyrrole nitrogens is 1. The minimum atomic E-state index is -1.04. The summed E-state index contributed by atoms with van der Waals surface area (Å²) in [5.74, 6) is 1.27. The second-order valence-corrected chi connectivity index (χ2v) is 17.9. The molecular weight excluding hydrogens is 531 g/mol. The number of aromatic amines is 1. The number of hydrogen-bond acceptors (Lipinski definition) is 3. The van der Waals surface area contributed by atoms with Crippen LogP contribution in [0.2, 0.25) is 35.7 Å². The maximum Gasteiger partial charge on any atom is 0.124 e. The molecule has 0 unspecified atom stereocenters. The van der Waals surface area contributed by atoms with Gasteiger partial charge in [0.1, 0.15) is 6.73 Å². The fraction of sp³-hybridized carbons (Fsp3) is 0.400. The Balaban J connectivity index is 0.000000168. The Hall–Kier alpha value is -2.38. The van der Waals surface area contributed by atoms with E-state index in [0.717, 1.165) is 39.2 Å². The quantitative estimate of drug-likeness (QED) is 0.162. The third kappa shape index (κ3) is 6.78. The molecule has 6 rings (SSSR count). The van der Waals surface area contributed by atoms with E-state index in [1.54, 1.807) is 6.33 Å². The molecule has 2 aromatic heterocycles. The van der Waals surface area contributed by atoms with Crippen LogP contribution < -0.4 is 0 Å². The highest BCUT2D eigenvalue weighted by Crippen LogP contribution is 2.45. The highest BCUT2D eigenvalue weighted by molar-refractivity contribution is 6.76. The summed E-state index contributed by atoms with van der Waals surface area (Å²) in [5.41, 5.74) is 6.61. The van der Waals surface area contributed by atoms with Crippen LogP contribution in [0.5, 0.6) is 0 Å². The molecule has 5 nitrogen and oxygen atoms in total. The van der Waals surface area contributed by atoms with E-state index in [4.69, 9.17) is 27.9 Å². The van der Waals surface area contributed by atoms with Crippen molar-refractivity contribution >= 4 is 31.3 Å². The number of aromatic nitrogens is 4. The molecule has 0 atom stereocenters. The van der Waals surface area contributed by atoms with Crippen LogP contribution in [0.1, 0.15) is 48.9 Å². The molecule has 0 spiro atoms. The molecule has 4 aromatic rings. The van der Waals surface area contributed by atoms with Crippen LogP contribution in [0.4, 0.5) is 0 Å². The number of nitrogens with one attached hydrogen (secondary N) is 1. The number of imidazole rings is 2. The Labute approximate surface area is 236 Å². The van der Waals surface area contributed by atoms with Crippen molar-refractivity contribution < 1.29 is 4.74 Å². The fourth-order valence-corrected chi connectivity index (χ4v) is 5.74. The monoisotopic (exact) mass is 566 g/mol. The summed E-state index contributed by atoms with van der Waals surface area (Å²) in [7, 11) is -1.04. The van der Waals surface area contributed by atoms with Crippen LogP contribution >= 0.6 is 23.2 Å². The van der Waals surface area contributed by atoms with E-state index in [1.807, 2.05) is 54.9 Å². The van der Waals surface area contributed by atoms with Crippen molar-refractivity contribution in [1.82, 2.24) is 19.5 Å². The summed E-state index contributed by atoms with van der Waals surface area (Å²) in [6, 6.07) is 17.0. The largest absolute Gasteiger partial charge is 0.361 e. The molecule has 0 bridgehead atoms. The molecule has 2 saturated carbocycles. The van der Waals surface area contributed by atoms with E-state index in [1.165, 1.54) is 43.1 Å². The summed E-state index contributed by atoms with van der Waals surface area (Å²) in [6.45, 7) is 8.54. The zero-order chi connectivity index (χ0) is 26.7. The molecule has 200 valence electrons. The topological polar surface area (TPSA) is 55.7 Å². The molecular formula is C30H36Cl2N4OSi. The van der Waals surface area contributed by atoms with Crippen LogP contribution in [0.3, 0.4) is 0 Å². The molecule has 2 heterocycles. The summed E-state index contributed by atoms with van der Waals surface area (Å²) in [6.07, 6.45) is 8.66. The van der Waals surface area contributed by atoms with E-state index in [9.17, 15) is 0 Å². The van der Waals surface area contributed by atoms with Crippen molar-refractivity contribution in [2.75, 3.05) is 6.61 Å². The smallest absolute Gasteiger partial charge is 0.124 e. The third-order valence-electron chi connectivity index (χ3n) is 6.98. The Morgan fingerprint density at radius 1 is 0.868 bits per heavy atom. The van der Waals surface area contributed by atoms with Gasteiger partial charge in [-0.05, 0) is 43.9 Å². The maximum atomic E-state index is 6.37.